The van der Waals surface area contributed by atoms with Gasteiger partial charge in [-0.1, -0.05) is 40.9 Å². The Bertz CT molecular complexity index is 699. The van der Waals surface area contributed by atoms with E-state index in [9.17, 15) is 8.42 Å². The number of sulfonamides is 1. The Hall–Kier alpha value is -0.940. The number of rotatable bonds is 3. The lowest BCUT2D eigenvalue weighted by Crippen LogP contribution is -2.13. The summed E-state index contributed by atoms with van der Waals surface area (Å²) in [6, 6.07) is 10.7. The van der Waals surface area contributed by atoms with E-state index in [0.717, 1.165) is 0 Å². The second kappa shape index (κ2) is 5.59. The third-order valence-electron chi connectivity index (χ3n) is 2.30. The molecule has 0 aliphatic heterocycles. The Morgan fingerprint density at radius 2 is 1.53 bits per heavy atom. The summed E-state index contributed by atoms with van der Waals surface area (Å²) in [5.74, 6) is 0. The summed E-state index contributed by atoms with van der Waals surface area (Å²) in [5.41, 5.74) is 0.389. The van der Waals surface area contributed by atoms with E-state index >= 15 is 0 Å². The van der Waals surface area contributed by atoms with Crippen molar-refractivity contribution in [2.75, 3.05) is 4.72 Å². The highest BCUT2D eigenvalue weighted by molar-refractivity contribution is 7.92. The van der Waals surface area contributed by atoms with Gasteiger partial charge in [0.1, 0.15) is 4.90 Å². The molecule has 100 valence electrons. The van der Waals surface area contributed by atoms with Crippen LogP contribution in [0.1, 0.15) is 0 Å². The van der Waals surface area contributed by atoms with Gasteiger partial charge in [-0.3, -0.25) is 4.72 Å². The van der Waals surface area contributed by atoms with Gasteiger partial charge in [-0.2, -0.15) is 0 Å². The van der Waals surface area contributed by atoms with Crippen molar-refractivity contribution in [3.05, 3.63) is 57.5 Å². The molecule has 0 spiro atoms. The summed E-state index contributed by atoms with van der Waals surface area (Å²) in [4.78, 5) is -0.0726. The van der Waals surface area contributed by atoms with E-state index < -0.39 is 10.0 Å². The lowest BCUT2D eigenvalue weighted by molar-refractivity contribution is 0.601. The maximum atomic E-state index is 12.2. The molecule has 0 unspecified atom stereocenters. The Balaban J connectivity index is 2.38. The number of hydrogen-bond donors (Lipinski definition) is 1. The van der Waals surface area contributed by atoms with Crippen molar-refractivity contribution < 1.29 is 8.42 Å². The van der Waals surface area contributed by atoms with E-state index in [-0.39, 0.29) is 14.9 Å². The van der Waals surface area contributed by atoms with Crippen LogP contribution in [0.4, 0.5) is 5.69 Å². The fraction of sp³-hybridized carbons (Fsp3) is 0. The second-order valence-corrected chi connectivity index (χ2v) is 6.54. The van der Waals surface area contributed by atoms with Crippen LogP contribution in [0, 0.1) is 0 Å². The molecule has 1 N–H and O–H groups in total. The third kappa shape index (κ3) is 3.34. The van der Waals surface area contributed by atoms with Crippen LogP contribution in [0.2, 0.25) is 15.1 Å². The molecule has 0 aromatic heterocycles. The summed E-state index contributed by atoms with van der Waals surface area (Å²) < 4.78 is 26.7. The van der Waals surface area contributed by atoms with E-state index in [0.29, 0.717) is 10.7 Å². The molecule has 2 rings (SSSR count). The first-order valence-corrected chi connectivity index (χ1v) is 7.74. The predicted molar refractivity (Wildman–Crippen MR) is 78.7 cm³/mol. The van der Waals surface area contributed by atoms with Crippen molar-refractivity contribution in [2.24, 2.45) is 0 Å². The monoisotopic (exact) mass is 335 g/mol. The van der Waals surface area contributed by atoms with E-state index in [1.807, 2.05) is 0 Å². The first-order chi connectivity index (χ1) is 8.90. The number of benzene rings is 2. The average molecular weight is 337 g/mol. The van der Waals surface area contributed by atoms with Gasteiger partial charge >= 0.3 is 0 Å². The topological polar surface area (TPSA) is 46.2 Å². The zero-order valence-corrected chi connectivity index (χ0v) is 12.5. The van der Waals surface area contributed by atoms with Crippen LogP contribution in [0.3, 0.4) is 0 Å². The van der Waals surface area contributed by atoms with Gasteiger partial charge in [-0.05, 0) is 36.4 Å². The van der Waals surface area contributed by atoms with Crippen molar-refractivity contribution in [2.45, 2.75) is 4.90 Å². The molecule has 0 fully saturated rings. The van der Waals surface area contributed by atoms with Gasteiger partial charge in [0.25, 0.3) is 10.0 Å². The standard InChI is InChI=1S/C12H8Cl3NO2S/c13-8-4-6-9(7-5-8)16-19(17,18)11-3-1-2-10(14)12(11)15/h1-7,16H. The Kier molecular flexibility index (Phi) is 4.26. The molecule has 0 saturated carbocycles. The lowest BCUT2D eigenvalue weighted by atomic mass is 10.3. The van der Waals surface area contributed by atoms with Crippen molar-refractivity contribution in [3.63, 3.8) is 0 Å². The summed E-state index contributed by atoms with van der Waals surface area (Å²) >= 11 is 17.4. The lowest BCUT2D eigenvalue weighted by Gasteiger charge is -2.10. The number of nitrogens with one attached hydrogen (secondary N) is 1. The summed E-state index contributed by atoms with van der Waals surface area (Å²) in [7, 11) is -3.79. The van der Waals surface area contributed by atoms with Gasteiger partial charge in [0.05, 0.1) is 10.0 Å². The van der Waals surface area contributed by atoms with Gasteiger partial charge in [0.2, 0.25) is 0 Å². The Labute approximate surface area is 126 Å². The molecule has 0 bridgehead atoms. The quantitative estimate of drug-likeness (QED) is 0.900. The van der Waals surface area contributed by atoms with Crippen LogP contribution in [-0.2, 0) is 10.0 Å². The molecule has 2 aromatic carbocycles. The zero-order chi connectivity index (χ0) is 14.0. The predicted octanol–water partition coefficient (Wildman–Crippen LogP) is 4.45. The molecule has 0 heterocycles. The van der Waals surface area contributed by atoms with E-state index in [2.05, 4.69) is 4.72 Å². The van der Waals surface area contributed by atoms with Crippen LogP contribution in [0.25, 0.3) is 0 Å². The molecular weight excluding hydrogens is 329 g/mol. The maximum Gasteiger partial charge on any atom is 0.263 e. The number of hydrogen-bond acceptors (Lipinski definition) is 2. The van der Waals surface area contributed by atoms with Crippen LogP contribution in [-0.4, -0.2) is 8.42 Å². The zero-order valence-electron chi connectivity index (χ0n) is 9.40. The molecule has 0 saturated heterocycles. The first kappa shape index (κ1) is 14.5. The minimum absolute atomic E-state index is 0.00868. The average Bonchev–Trinajstić information content (AvgIpc) is 2.35. The first-order valence-electron chi connectivity index (χ1n) is 5.12. The highest BCUT2D eigenvalue weighted by atomic mass is 35.5. The van der Waals surface area contributed by atoms with Gasteiger partial charge in [0.15, 0.2) is 0 Å². The normalized spacial score (nSPS) is 11.3. The molecule has 19 heavy (non-hydrogen) atoms. The van der Waals surface area contributed by atoms with Gasteiger partial charge in [0, 0.05) is 10.7 Å². The van der Waals surface area contributed by atoms with E-state index in [1.165, 1.54) is 18.2 Å². The fourth-order valence-electron chi connectivity index (χ4n) is 1.42. The van der Waals surface area contributed by atoms with Crippen LogP contribution < -0.4 is 4.72 Å². The van der Waals surface area contributed by atoms with Crippen LogP contribution in [0.5, 0.6) is 0 Å². The minimum Gasteiger partial charge on any atom is -0.280 e. The maximum absolute atomic E-state index is 12.2. The van der Waals surface area contributed by atoms with Crippen molar-refractivity contribution >= 4 is 50.5 Å². The van der Waals surface area contributed by atoms with Crippen molar-refractivity contribution in [3.8, 4) is 0 Å². The summed E-state index contributed by atoms with van der Waals surface area (Å²) in [5, 5.41) is 0.690. The molecule has 0 aliphatic rings. The minimum atomic E-state index is -3.79. The van der Waals surface area contributed by atoms with E-state index in [1.54, 1.807) is 24.3 Å². The van der Waals surface area contributed by atoms with Crippen LogP contribution in [0.15, 0.2) is 47.4 Å². The summed E-state index contributed by atoms with van der Waals surface area (Å²) in [6.07, 6.45) is 0. The number of anilines is 1. The van der Waals surface area contributed by atoms with Gasteiger partial charge in [-0.15, -0.1) is 0 Å². The smallest absolute Gasteiger partial charge is 0.263 e. The highest BCUT2D eigenvalue weighted by Crippen LogP contribution is 2.30. The molecule has 0 amide bonds. The van der Waals surface area contributed by atoms with Gasteiger partial charge < -0.3 is 0 Å². The molecule has 7 heteroatoms. The van der Waals surface area contributed by atoms with Gasteiger partial charge in [-0.25, -0.2) is 8.42 Å². The second-order valence-electron chi connectivity index (χ2n) is 3.66. The molecule has 3 nitrogen and oxygen atoms in total. The molecule has 0 aliphatic carbocycles. The molecule has 2 aromatic rings. The summed E-state index contributed by atoms with van der Waals surface area (Å²) in [6.45, 7) is 0. The van der Waals surface area contributed by atoms with E-state index in [4.69, 9.17) is 34.8 Å². The highest BCUT2D eigenvalue weighted by Gasteiger charge is 2.19. The largest absolute Gasteiger partial charge is 0.280 e. The van der Waals surface area contributed by atoms with Crippen molar-refractivity contribution in [1.29, 1.82) is 0 Å². The SMILES string of the molecule is O=S(=O)(Nc1ccc(Cl)cc1)c1cccc(Cl)c1Cl. The molecule has 0 atom stereocenters. The third-order valence-corrected chi connectivity index (χ3v) is 4.91. The molecule has 0 radical (unpaired) electrons. The van der Waals surface area contributed by atoms with Crippen molar-refractivity contribution in [1.82, 2.24) is 0 Å². The number of halogens is 3. The molecular formula is C12H8Cl3NO2S. The fourth-order valence-corrected chi connectivity index (χ4v) is 3.37. The van der Waals surface area contributed by atoms with Crippen LogP contribution >= 0.6 is 34.8 Å². The Morgan fingerprint density at radius 1 is 0.895 bits per heavy atom. The Morgan fingerprint density at radius 3 is 2.16 bits per heavy atom.